The molecule has 8 heteroatoms. The molecule has 0 spiro atoms. The number of likely N-dealkylation sites (tertiary alicyclic amines) is 1. The summed E-state index contributed by atoms with van der Waals surface area (Å²) in [5.41, 5.74) is 1.72. The van der Waals surface area contributed by atoms with E-state index in [1.165, 1.54) is 7.11 Å². The van der Waals surface area contributed by atoms with Gasteiger partial charge in [0.1, 0.15) is 0 Å². The molecule has 8 nitrogen and oxygen atoms in total. The molecule has 0 bridgehead atoms. The number of anilines is 1. The van der Waals surface area contributed by atoms with Gasteiger partial charge < -0.3 is 19.7 Å². The minimum atomic E-state index is -0.498. The predicted molar refractivity (Wildman–Crippen MR) is 104 cm³/mol. The highest BCUT2D eigenvalue weighted by atomic mass is 16.5. The molecule has 2 rings (SSSR count). The van der Waals surface area contributed by atoms with Crippen molar-refractivity contribution in [3.05, 3.63) is 29.8 Å². The van der Waals surface area contributed by atoms with E-state index in [1.807, 2.05) is 31.2 Å². The van der Waals surface area contributed by atoms with E-state index in [1.54, 1.807) is 7.05 Å². The molecular weight excluding hydrogens is 348 g/mol. The number of ether oxygens (including phenoxy) is 2. The number of nitrogens with one attached hydrogen (secondary N) is 2. The molecule has 148 valence electrons. The van der Waals surface area contributed by atoms with Gasteiger partial charge in [-0.3, -0.25) is 15.1 Å². The Kier molecular flexibility index (Phi) is 7.91. The van der Waals surface area contributed by atoms with E-state index in [-0.39, 0.29) is 11.9 Å². The molecule has 1 unspecified atom stereocenters. The number of rotatable bonds is 5. The van der Waals surface area contributed by atoms with Gasteiger partial charge >= 0.3 is 12.1 Å². The topological polar surface area (TPSA) is 92.3 Å². The fraction of sp³-hybridized carbons (Fsp3) is 0.526. The van der Waals surface area contributed by atoms with Crippen LogP contribution in [0.4, 0.5) is 10.5 Å². The highest BCUT2D eigenvalue weighted by Gasteiger charge is 2.28. The second-order valence-electron chi connectivity index (χ2n) is 6.25. The van der Waals surface area contributed by atoms with Gasteiger partial charge in [-0.25, -0.2) is 4.79 Å². The summed E-state index contributed by atoms with van der Waals surface area (Å²) in [5.74, 6) is 0.521. The molecule has 27 heavy (non-hydrogen) atoms. The first kappa shape index (κ1) is 20.5. The normalized spacial score (nSPS) is 17.2. The van der Waals surface area contributed by atoms with Crippen LogP contribution < -0.4 is 10.6 Å². The first-order valence-corrected chi connectivity index (χ1v) is 9.13. The van der Waals surface area contributed by atoms with Crippen molar-refractivity contribution in [2.75, 3.05) is 39.2 Å². The Balaban J connectivity index is 1.89. The Hall–Kier alpha value is -2.77. The lowest BCUT2D eigenvalue weighted by Crippen LogP contribution is -2.48. The second kappa shape index (κ2) is 10.4. The molecule has 1 aliphatic heterocycles. The van der Waals surface area contributed by atoms with Crippen molar-refractivity contribution in [2.45, 2.75) is 26.3 Å². The van der Waals surface area contributed by atoms with E-state index in [9.17, 15) is 9.59 Å². The summed E-state index contributed by atoms with van der Waals surface area (Å²) in [6.07, 6.45) is 1.28. The average Bonchev–Trinajstić information content (AvgIpc) is 2.70. The maximum atomic E-state index is 12.0. The Labute approximate surface area is 159 Å². The molecule has 1 saturated heterocycles. The molecule has 1 aromatic rings. The minimum Gasteiger partial charge on any atom is -0.466 e. The van der Waals surface area contributed by atoms with Gasteiger partial charge in [0.25, 0.3) is 0 Å². The van der Waals surface area contributed by atoms with Crippen LogP contribution >= 0.6 is 0 Å². The summed E-state index contributed by atoms with van der Waals surface area (Å²) in [7, 11) is 3.06. The monoisotopic (exact) mass is 376 g/mol. The minimum absolute atomic E-state index is 0.110. The highest BCUT2D eigenvalue weighted by molar-refractivity contribution is 5.84. The molecular formula is C19H28N4O4. The van der Waals surface area contributed by atoms with Gasteiger partial charge in [0.2, 0.25) is 0 Å². The van der Waals surface area contributed by atoms with Crippen molar-refractivity contribution >= 4 is 23.7 Å². The molecule has 0 saturated carbocycles. The molecule has 2 N–H and O–H groups in total. The van der Waals surface area contributed by atoms with Crippen LogP contribution in [0.1, 0.15) is 25.3 Å². The number of carbonyl (C=O) groups excluding carboxylic acids is 2. The van der Waals surface area contributed by atoms with Crippen molar-refractivity contribution in [1.29, 1.82) is 0 Å². The summed E-state index contributed by atoms with van der Waals surface area (Å²) in [6.45, 7) is 4.29. The molecule has 0 aromatic heterocycles. The summed E-state index contributed by atoms with van der Waals surface area (Å²) in [5, 5.41) is 5.95. The number of methoxy groups -OCH3 is 1. The van der Waals surface area contributed by atoms with Crippen molar-refractivity contribution in [3.8, 4) is 0 Å². The van der Waals surface area contributed by atoms with E-state index < -0.39 is 6.09 Å². The maximum Gasteiger partial charge on any atom is 0.411 e. The van der Waals surface area contributed by atoms with Crippen molar-refractivity contribution in [2.24, 2.45) is 10.9 Å². The van der Waals surface area contributed by atoms with Gasteiger partial charge in [-0.05, 0) is 37.5 Å². The van der Waals surface area contributed by atoms with Crippen LogP contribution in [0.25, 0.3) is 0 Å². The molecule has 1 heterocycles. The van der Waals surface area contributed by atoms with Gasteiger partial charge in [0, 0.05) is 32.4 Å². The largest absolute Gasteiger partial charge is 0.466 e. The number of nitrogens with zero attached hydrogens (tertiary/aromatic N) is 2. The lowest BCUT2D eigenvalue weighted by atomic mass is 9.98. The third-order valence-corrected chi connectivity index (χ3v) is 4.39. The summed E-state index contributed by atoms with van der Waals surface area (Å²) >= 11 is 0. The van der Waals surface area contributed by atoms with Gasteiger partial charge in [-0.2, -0.15) is 0 Å². The molecule has 1 aromatic carbocycles. The van der Waals surface area contributed by atoms with Crippen molar-refractivity contribution in [3.63, 3.8) is 0 Å². The van der Waals surface area contributed by atoms with E-state index in [2.05, 4.69) is 25.3 Å². The van der Waals surface area contributed by atoms with E-state index >= 15 is 0 Å². The first-order valence-electron chi connectivity index (χ1n) is 9.13. The Bertz CT molecular complexity index is 660. The third kappa shape index (κ3) is 6.16. The van der Waals surface area contributed by atoms with Crippen LogP contribution in [-0.2, 0) is 20.8 Å². The van der Waals surface area contributed by atoms with E-state index in [0.29, 0.717) is 25.4 Å². The van der Waals surface area contributed by atoms with Gasteiger partial charge in [-0.1, -0.05) is 12.1 Å². The molecule has 1 fully saturated rings. The number of carbonyl (C=O) groups is 2. The Morgan fingerprint density at radius 2 is 2.04 bits per heavy atom. The lowest BCUT2D eigenvalue weighted by molar-refractivity contribution is -0.149. The Morgan fingerprint density at radius 3 is 2.67 bits per heavy atom. The van der Waals surface area contributed by atoms with E-state index in [4.69, 9.17) is 4.74 Å². The lowest BCUT2D eigenvalue weighted by Gasteiger charge is -2.34. The molecule has 0 radical (unpaired) electrons. The quantitative estimate of drug-likeness (QED) is 0.465. The zero-order valence-corrected chi connectivity index (χ0v) is 16.2. The smallest absolute Gasteiger partial charge is 0.411 e. The number of aliphatic imine (C=N–C) groups is 1. The number of esters is 1. The third-order valence-electron chi connectivity index (χ3n) is 4.39. The summed E-state index contributed by atoms with van der Waals surface area (Å²) < 4.78 is 9.72. The predicted octanol–water partition coefficient (Wildman–Crippen LogP) is 2.22. The Morgan fingerprint density at radius 1 is 1.30 bits per heavy atom. The molecule has 0 aliphatic carbocycles. The average molecular weight is 376 g/mol. The zero-order valence-electron chi connectivity index (χ0n) is 16.2. The van der Waals surface area contributed by atoms with Gasteiger partial charge in [-0.15, -0.1) is 0 Å². The van der Waals surface area contributed by atoms with Crippen LogP contribution in [0.2, 0.25) is 0 Å². The van der Waals surface area contributed by atoms with Gasteiger partial charge in [0.05, 0.1) is 19.6 Å². The molecule has 1 aliphatic rings. The fourth-order valence-corrected chi connectivity index (χ4v) is 3.01. The van der Waals surface area contributed by atoms with Crippen LogP contribution in [0, 0.1) is 5.92 Å². The molecule has 1 atom stereocenters. The SMILES string of the molecule is CCOC(=O)C1CCCN(C(=NC)NCc2ccc(NC(=O)OC)cc2)C1. The van der Waals surface area contributed by atoms with Crippen molar-refractivity contribution < 1.29 is 19.1 Å². The standard InChI is InChI=1S/C19H28N4O4/c1-4-27-17(24)15-6-5-11-23(13-15)18(20-2)21-12-14-7-9-16(10-8-14)22-19(25)26-3/h7-10,15H,4-6,11-13H2,1-3H3,(H,20,21)(H,22,25). The number of hydrogen-bond acceptors (Lipinski definition) is 5. The fourth-order valence-electron chi connectivity index (χ4n) is 3.01. The molecule has 1 amide bonds. The number of piperidine rings is 1. The number of guanidine groups is 1. The van der Waals surface area contributed by atoms with Crippen molar-refractivity contribution in [1.82, 2.24) is 10.2 Å². The second-order valence-corrected chi connectivity index (χ2v) is 6.25. The van der Waals surface area contributed by atoms with E-state index in [0.717, 1.165) is 30.9 Å². The highest BCUT2D eigenvalue weighted by Crippen LogP contribution is 2.18. The number of benzene rings is 1. The van der Waals surface area contributed by atoms with Crippen LogP contribution in [0.3, 0.4) is 0 Å². The maximum absolute atomic E-state index is 12.0. The summed E-state index contributed by atoms with van der Waals surface area (Å²) in [6, 6.07) is 7.47. The van der Waals surface area contributed by atoms with Crippen LogP contribution in [0.5, 0.6) is 0 Å². The van der Waals surface area contributed by atoms with Gasteiger partial charge in [0.15, 0.2) is 5.96 Å². The number of hydrogen-bond donors (Lipinski definition) is 2. The van der Waals surface area contributed by atoms with Crippen LogP contribution in [-0.4, -0.2) is 56.8 Å². The summed E-state index contributed by atoms with van der Waals surface area (Å²) in [4.78, 5) is 29.7. The zero-order chi connectivity index (χ0) is 19.6. The first-order chi connectivity index (χ1) is 13.1. The van der Waals surface area contributed by atoms with Crippen LogP contribution in [0.15, 0.2) is 29.3 Å². The number of amides is 1.